The van der Waals surface area contributed by atoms with Gasteiger partial charge in [0.1, 0.15) is 5.39 Å². The number of amides is 1. The van der Waals surface area contributed by atoms with Gasteiger partial charge < -0.3 is 5.32 Å². The average molecular weight is 458 g/mol. The second-order valence-corrected chi connectivity index (χ2v) is 9.87. The van der Waals surface area contributed by atoms with E-state index in [2.05, 4.69) is 17.3 Å². The number of thioether (sulfide) groups is 1. The van der Waals surface area contributed by atoms with Crippen LogP contribution in [0.2, 0.25) is 5.02 Å². The Hall–Kier alpha value is -2.32. The molecule has 3 aromatic rings. The van der Waals surface area contributed by atoms with Gasteiger partial charge in [-0.25, -0.2) is 9.67 Å². The van der Waals surface area contributed by atoms with Gasteiger partial charge in [-0.05, 0) is 37.0 Å². The van der Waals surface area contributed by atoms with Crippen molar-refractivity contribution in [2.24, 2.45) is 5.92 Å². The molecule has 0 bridgehead atoms. The number of hydrogen-bond donors (Lipinski definition) is 1. The fraction of sp³-hybridized carbons (Fsp3) is 0.455. The summed E-state index contributed by atoms with van der Waals surface area (Å²) in [5.41, 5.74) is 1.11. The largest absolute Gasteiger partial charge is 0.353 e. The minimum atomic E-state index is -0.196. The normalized spacial score (nSPS) is 23.1. The van der Waals surface area contributed by atoms with E-state index in [0.29, 0.717) is 39.3 Å². The smallest absolute Gasteiger partial charge is 0.265 e. The predicted octanol–water partition coefficient (Wildman–Crippen LogP) is 3.97. The standard InChI is InChI=1S/C22H24ClN5O2S/c1-13-5-2-3-8-18(13)25-19(29)10-16-12-31-22-26-20-17(21(30)27(16)22)11-24-28(20)15-7-4-6-14(23)9-15/h4,6-7,9,11,13,16,18H,2-3,5,8,10,12H2,1H3,(H,25,29). The number of hydrogen-bond acceptors (Lipinski definition) is 5. The molecule has 0 saturated heterocycles. The van der Waals surface area contributed by atoms with Crippen molar-refractivity contribution in [2.45, 2.75) is 56.3 Å². The van der Waals surface area contributed by atoms with Gasteiger partial charge >= 0.3 is 0 Å². The van der Waals surface area contributed by atoms with Crippen LogP contribution in [0.3, 0.4) is 0 Å². The van der Waals surface area contributed by atoms with E-state index in [1.807, 2.05) is 12.1 Å². The molecule has 0 spiro atoms. The van der Waals surface area contributed by atoms with Gasteiger partial charge in [-0.1, -0.05) is 49.2 Å². The van der Waals surface area contributed by atoms with Crippen molar-refractivity contribution in [3.05, 3.63) is 45.8 Å². The van der Waals surface area contributed by atoms with Crippen molar-refractivity contribution in [2.75, 3.05) is 5.75 Å². The first-order chi connectivity index (χ1) is 15.0. The zero-order chi connectivity index (χ0) is 21.5. The van der Waals surface area contributed by atoms with E-state index in [1.54, 1.807) is 27.6 Å². The van der Waals surface area contributed by atoms with Gasteiger partial charge in [0.25, 0.3) is 5.56 Å². The lowest BCUT2D eigenvalue weighted by atomic mass is 9.86. The average Bonchev–Trinajstić information content (AvgIpc) is 3.35. The maximum absolute atomic E-state index is 13.3. The number of benzene rings is 1. The van der Waals surface area contributed by atoms with Crippen LogP contribution in [0.1, 0.15) is 45.1 Å². The molecule has 162 valence electrons. The third-order valence-corrected chi connectivity index (χ3v) is 7.64. The molecule has 3 atom stereocenters. The Morgan fingerprint density at radius 1 is 1.32 bits per heavy atom. The maximum atomic E-state index is 13.3. The number of nitrogens with one attached hydrogen (secondary N) is 1. The first kappa shape index (κ1) is 20.6. The molecule has 1 fully saturated rings. The summed E-state index contributed by atoms with van der Waals surface area (Å²) in [6.07, 6.45) is 6.43. The highest BCUT2D eigenvalue weighted by Gasteiger charge is 2.31. The van der Waals surface area contributed by atoms with Gasteiger partial charge in [0.15, 0.2) is 10.8 Å². The topological polar surface area (TPSA) is 81.8 Å². The summed E-state index contributed by atoms with van der Waals surface area (Å²) in [5.74, 6) is 1.18. The van der Waals surface area contributed by atoms with E-state index in [4.69, 9.17) is 16.6 Å². The van der Waals surface area contributed by atoms with Crippen LogP contribution in [0.4, 0.5) is 0 Å². The minimum absolute atomic E-state index is 0.0128. The van der Waals surface area contributed by atoms with Crippen molar-refractivity contribution in [3.63, 3.8) is 0 Å². The Morgan fingerprint density at radius 3 is 2.97 bits per heavy atom. The summed E-state index contributed by atoms with van der Waals surface area (Å²) in [4.78, 5) is 30.7. The lowest BCUT2D eigenvalue weighted by Gasteiger charge is -2.29. The zero-order valence-electron chi connectivity index (χ0n) is 17.3. The Labute approximate surface area is 189 Å². The number of rotatable bonds is 4. The number of halogens is 1. The van der Waals surface area contributed by atoms with Crippen molar-refractivity contribution < 1.29 is 4.79 Å². The lowest BCUT2D eigenvalue weighted by Crippen LogP contribution is -2.42. The quantitative estimate of drug-likeness (QED) is 0.599. The highest BCUT2D eigenvalue weighted by molar-refractivity contribution is 7.99. The highest BCUT2D eigenvalue weighted by atomic mass is 35.5. The van der Waals surface area contributed by atoms with E-state index < -0.39 is 0 Å². The molecule has 31 heavy (non-hydrogen) atoms. The summed E-state index contributed by atoms with van der Waals surface area (Å²) in [7, 11) is 0. The number of carbonyl (C=O) groups excluding carboxylic acids is 1. The van der Waals surface area contributed by atoms with Crippen LogP contribution >= 0.6 is 23.4 Å². The molecule has 3 unspecified atom stereocenters. The lowest BCUT2D eigenvalue weighted by molar-refractivity contribution is -0.123. The minimum Gasteiger partial charge on any atom is -0.353 e. The Morgan fingerprint density at radius 2 is 2.16 bits per heavy atom. The van der Waals surface area contributed by atoms with Crippen LogP contribution < -0.4 is 10.9 Å². The third kappa shape index (κ3) is 3.87. The molecular weight excluding hydrogens is 434 g/mol. The van der Waals surface area contributed by atoms with Crippen LogP contribution in [0.25, 0.3) is 16.7 Å². The summed E-state index contributed by atoms with van der Waals surface area (Å²) < 4.78 is 3.30. The molecule has 1 N–H and O–H groups in total. The van der Waals surface area contributed by atoms with Crippen LogP contribution in [0.15, 0.2) is 40.4 Å². The van der Waals surface area contributed by atoms with Gasteiger partial charge in [0, 0.05) is 23.2 Å². The molecule has 2 aliphatic rings. The molecule has 1 amide bonds. The summed E-state index contributed by atoms with van der Waals surface area (Å²) in [6, 6.07) is 7.32. The van der Waals surface area contributed by atoms with Gasteiger partial charge in [-0.15, -0.1) is 0 Å². The maximum Gasteiger partial charge on any atom is 0.265 e. The summed E-state index contributed by atoms with van der Waals surface area (Å²) in [5, 5.41) is 9.24. The Balaban J connectivity index is 1.42. The van der Waals surface area contributed by atoms with E-state index in [-0.39, 0.29) is 23.6 Å². The van der Waals surface area contributed by atoms with E-state index in [0.717, 1.165) is 24.9 Å². The van der Waals surface area contributed by atoms with Crippen LogP contribution in [-0.4, -0.2) is 37.0 Å². The SMILES string of the molecule is CC1CCCCC1NC(=O)CC1CSc2nc3c(cnn3-c3cccc(Cl)c3)c(=O)n21. The van der Waals surface area contributed by atoms with Crippen molar-refractivity contribution in [1.29, 1.82) is 0 Å². The molecule has 0 radical (unpaired) electrons. The fourth-order valence-electron chi connectivity index (χ4n) is 4.59. The van der Waals surface area contributed by atoms with Crippen LogP contribution in [0, 0.1) is 5.92 Å². The van der Waals surface area contributed by atoms with Crippen LogP contribution in [0.5, 0.6) is 0 Å². The predicted molar refractivity (Wildman–Crippen MR) is 122 cm³/mol. The molecular formula is C22H24ClN5O2S. The second-order valence-electron chi connectivity index (χ2n) is 8.45. The number of aromatic nitrogens is 4. The van der Waals surface area contributed by atoms with Gasteiger partial charge in [-0.3, -0.25) is 14.2 Å². The van der Waals surface area contributed by atoms with Crippen molar-refractivity contribution >= 4 is 40.3 Å². The Kier molecular flexibility index (Phi) is 5.52. The fourth-order valence-corrected chi connectivity index (χ4v) is 5.90. The van der Waals surface area contributed by atoms with Gasteiger partial charge in [0.05, 0.1) is 17.9 Å². The van der Waals surface area contributed by atoms with Crippen molar-refractivity contribution in [3.8, 4) is 5.69 Å². The highest BCUT2D eigenvalue weighted by Crippen LogP contribution is 2.34. The first-order valence-corrected chi connectivity index (χ1v) is 12.1. The molecule has 9 heteroatoms. The van der Waals surface area contributed by atoms with E-state index >= 15 is 0 Å². The molecule has 2 aromatic heterocycles. The summed E-state index contributed by atoms with van der Waals surface area (Å²) in [6.45, 7) is 2.20. The third-order valence-electron chi connectivity index (χ3n) is 6.30. The molecule has 1 aliphatic carbocycles. The first-order valence-electron chi connectivity index (χ1n) is 10.7. The number of carbonyl (C=O) groups is 1. The van der Waals surface area contributed by atoms with Crippen molar-refractivity contribution in [1.82, 2.24) is 24.6 Å². The number of fused-ring (bicyclic) bond motifs is 2. The molecule has 5 rings (SSSR count). The van der Waals surface area contributed by atoms with E-state index in [9.17, 15) is 9.59 Å². The second kappa shape index (κ2) is 8.31. The van der Waals surface area contributed by atoms with Gasteiger partial charge in [0.2, 0.25) is 5.91 Å². The molecule has 1 aliphatic heterocycles. The van der Waals surface area contributed by atoms with Crippen LogP contribution in [-0.2, 0) is 4.79 Å². The Bertz CT molecular complexity index is 1210. The molecule has 3 heterocycles. The van der Waals surface area contributed by atoms with Gasteiger partial charge in [-0.2, -0.15) is 5.10 Å². The molecule has 1 aromatic carbocycles. The molecule has 1 saturated carbocycles. The number of nitrogens with zero attached hydrogens (tertiary/aromatic N) is 4. The van der Waals surface area contributed by atoms with E-state index in [1.165, 1.54) is 18.2 Å². The monoisotopic (exact) mass is 457 g/mol. The summed E-state index contributed by atoms with van der Waals surface area (Å²) >= 11 is 7.62. The zero-order valence-corrected chi connectivity index (χ0v) is 18.8. The molecule has 7 nitrogen and oxygen atoms in total.